The van der Waals surface area contributed by atoms with Gasteiger partial charge in [0.25, 0.3) is 0 Å². The van der Waals surface area contributed by atoms with Crippen molar-refractivity contribution < 1.29 is 14.7 Å². The van der Waals surface area contributed by atoms with Crippen LogP contribution in [0.15, 0.2) is 18.2 Å². The van der Waals surface area contributed by atoms with E-state index in [2.05, 4.69) is 5.32 Å². The van der Waals surface area contributed by atoms with Crippen molar-refractivity contribution in [2.45, 2.75) is 31.7 Å². The number of piperidine rings is 1. The number of carboxylic acid groups (broad SMARTS) is 1. The molecule has 0 spiro atoms. The number of hydrogen-bond donors (Lipinski definition) is 2. The van der Waals surface area contributed by atoms with Crippen LogP contribution in [0.3, 0.4) is 0 Å². The van der Waals surface area contributed by atoms with Crippen LogP contribution < -0.4 is 10.2 Å². The highest BCUT2D eigenvalue weighted by atomic mass is 16.4. The summed E-state index contributed by atoms with van der Waals surface area (Å²) in [5.41, 5.74) is 2.11. The summed E-state index contributed by atoms with van der Waals surface area (Å²) in [6, 6.07) is 4.92. The Morgan fingerprint density at radius 1 is 1.30 bits per heavy atom. The molecule has 3 rings (SSSR count). The minimum atomic E-state index is -0.925. The summed E-state index contributed by atoms with van der Waals surface area (Å²) >= 11 is 0. The third-order valence-corrected chi connectivity index (χ3v) is 4.10. The van der Waals surface area contributed by atoms with Crippen LogP contribution in [-0.4, -0.2) is 36.1 Å². The molecule has 2 N–H and O–H groups in total. The fourth-order valence-corrected chi connectivity index (χ4v) is 3.01. The number of aromatic carboxylic acids is 1. The number of carboxylic acids is 1. The van der Waals surface area contributed by atoms with Crippen LogP contribution in [0, 0.1) is 0 Å². The summed E-state index contributed by atoms with van der Waals surface area (Å²) < 4.78 is 0. The fraction of sp³-hybridized carbons (Fsp3) is 0.467. The molecule has 0 aliphatic carbocycles. The molecule has 5 heteroatoms. The molecule has 1 amide bonds. The van der Waals surface area contributed by atoms with E-state index in [9.17, 15) is 9.59 Å². The van der Waals surface area contributed by atoms with Crippen LogP contribution in [0.4, 0.5) is 5.69 Å². The van der Waals surface area contributed by atoms with Gasteiger partial charge < -0.3 is 15.3 Å². The van der Waals surface area contributed by atoms with E-state index in [4.69, 9.17) is 5.11 Å². The minimum Gasteiger partial charge on any atom is -0.478 e. The number of carbonyl (C=O) groups is 2. The van der Waals surface area contributed by atoms with E-state index < -0.39 is 5.97 Å². The van der Waals surface area contributed by atoms with Crippen LogP contribution >= 0.6 is 0 Å². The molecule has 0 saturated carbocycles. The van der Waals surface area contributed by atoms with E-state index in [0.717, 1.165) is 43.5 Å². The molecule has 2 aliphatic heterocycles. The largest absolute Gasteiger partial charge is 0.478 e. The Kier molecular flexibility index (Phi) is 3.44. The fourth-order valence-electron chi connectivity index (χ4n) is 3.01. The molecule has 0 unspecified atom stereocenters. The molecule has 0 bridgehead atoms. The highest BCUT2D eigenvalue weighted by Gasteiger charge is 2.31. The van der Waals surface area contributed by atoms with Gasteiger partial charge in [-0.15, -0.1) is 0 Å². The van der Waals surface area contributed by atoms with Crippen molar-refractivity contribution in [1.29, 1.82) is 0 Å². The van der Waals surface area contributed by atoms with Gasteiger partial charge in [-0.1, -0.05) is 6.42 Å². The maximum absolute atomic E-state index is 12.5. The van der Waals surface area contributed by atoms with Crippen molar-refractivity contribution >= 4 is 17.6 Å². The van der Waals surface area contributed by atoms with Crippen molar-refractivity contribution in [1.82, 2.24) is 5.32 Å². The lowest BCUT2D eigenvalue weighted by molar-refractivity contribution is -0.121. The Bertz CT molecular complexity index is 550. The summed E-state index contributed by atoms with van der Waals surface area (Å²) in [7, 11) is 0. The normalized spacial score (nSPS) is 21.6. The second-order valence-corrected chi connectivity index (χ2v) is 5.39. The van der Waals surface area contributed by atoms with Gasteiger partial charge in [0.2, 0.25) is 5.91 Å². The zero-order valence-corrected chi connectivity index (χ0v) is 11.3. The molecule has 106 valence electrons. The zero-order valence-electron chi connectivity index (χ0n) is 11.3. The molecule has 1 atom stereocenters. The van der Waals surface area contributed by atoms with Gasteiger partial charge in [0.05, 0.1) is 11.6 Å². The first-order valence-corrected chi connectivity index (χ1v) is 7.08. The van der Waals surface area contributed by atoms with E-state index in [-0.39, 0.29) is 17.5 Å². The first kappa shape index (κ1) is 13.1. The number of nitrogens with zero attached hydrogens (tertiary/aromatic N) is 1. The molecule has 0 radical (unpaired) electrons. The first-order chi connectivity index (χ1) is 9.66. The quantitative estimate of drug-likeness (QED) is 0.855. The standard InChI is InChI=1S/C15H18N2O3/c18-14(12-3-1-2-7-16-12)17-8-6-10-9-11(15(19)20)4-5-13(10)17/h4-5,9,12,16H,1-3,6-8H2,(H,19,20)/t12-/m0/s1. The molecular formula is C15H18N2O3. The van der Waals surface area contributed by atoms with Crippen LogP contribution in [-0.2, 0) is 11.2 Å². The van der Waals surface area contributed by atoms with E-state index in [1.54, 1.807) is 23.1 Å². The molecule has 1 aromatic carbocycles. The van der Waals surface area contributed by atoms with E-state index in [1.165, 1.54) is 0 Å². The number of anilines is 1. The maximum atomic E-state index is 12.5. The molecule has 2 heterocycles. The zero-order chi connectivity index (χ0) is 14.1. The van der Waals surface area contributed by atoms with Gasteiger partial charge in [-0.25, -0.2) is 4.79 Å². The number of benzene rings is 1. The Morgan fingerprint density at radius 2 is 2.15 bits per heavy atom. The molecule has 0 aromatic heterocycles. The summed E-state index contributed by atoms with van der Waals surface area (Å²) in [6.07, 6.45) is 3.83. The molecule has 5 nitrogen and oxygen atoms in total. The predicted octanol–water partition coefficient (Wildman–Crippen LogP) is 1.42. The van der Waals surface area contributed by atoms with Gasteiger partial charge in [-0.2, -0.15) is 0 Å². The summed E-state index contributed by atoms with van der Waals surface area (Å²) in [6.45, 7) is 1.55. The molecule has 1 saturated heterocycles. The van der Waals surface area contributed by atoms with Crippen molar-refractivity contribution in [3.63, 3.8) is 0 Å². The second kappa shape index (κ2) is 5.25. The topological polar surface area (TPSA) is 69.6 Å². The molecule has 20 heavy (non-hydrogen) atoms. The molecule has 1 aromatic rings. The Balaban J connectivity index is 1.81. The van der Waals surface area contributed by atoms with Gasteiger partial charge in [-0.05, 0) is 49.6 Å². The average Bonchev–Trinajstić information content (AvgIpc) is 2.90. The Labute approximate surface area is 117 Å². The maximum Gasteiger partial charge on any atom is 0.335 e. The lowest BCUT2D eigenvalue weighted by Crippen LogP contribution is -2.48. The third-order valence-electron chi connectivity index (χ3n) is 4.10. The second-order valence-electron chi connectivity index (χ2n) is 5.39. The van der Waals surface area contributed by atoms with Crippen LogP contribution in [0.5, 0.6) is 0 Å². The van der Waals surface area contributed by atoms with Crippen LogP contribution in [0.25, 0.3) is 0 Å². The number of fused-ring (bicyclic) bond motifs is 1. The van der Waals surface area contributed by atoms with Gasteiger partial charge in [0.1, 0.15) is 0 Å². The SMILES string of the molecule is O=C(O)c1ccc2c(c1)CCN2C(=O)[C@@H]1CCCCN1. The van der Waals surface area contributed by atoms with Crippen LogP contribution in [0.2, 0.25) is 0 Å². The Morgan fingerprint density at radius 3 is 2.85 bits per heavy atom. The predicted molar refractivity (Wildman–Crippen MR) is 75.1 cm³/mol. The summed E-state index contributed by atoms with van der Waals surface area (Å²) in [5.74, 6) is -0.807. The monoisotopic (exact) mass is 274 g/mol. The summed E-state index contributed by atoms with van der Waals surface area (Å²) in [5, 5.41) is 12.3. The van der Waals surface area contributed by atoms with Gasteiger partial charge in [0, 0.05) is 12.2 Å². The lowest BCUT2D eigenvalue weighted by Gasteiger charge is -2.27. The number of amides is 1. The number of carbonyl (C=O) groups excluding carboxylic acids is 1. The Hall–Kier alpha value is -1.88. The molecule has 2 aliphatic rings. The van der Waals surface area contributed by atoms with Crippen molar-refractivity contribution in [3.8, 4) is 0 Å². The van der Waals surface area contributed by atoms with Crippen molar-refractivity contribution in [3.05, 3.63) is 29.3 Å². The highest BCUT2D eigenvalue weighted by molar-refractivity contribution is 5.99. The summed E-state index contributed by atoms with van der Waals surface area (Å²) in [4.78, 5) is 25.3. The smallest absolute Gasteiger partial charge is 0.335 e. The molecular weight excluding hydrogens is 256 g/mol. The number of nitrogens with one attached hydrogen (secondary N) is 1. The van der Waals surface area contributed by atoms with Gasteiger partial charge in [-0.3, -0.25) is 4.79 Å². The minimum absolute atomic E-state index is 0.0890. The number of hydrogen-bond acceptors (Lipinski definition) is 3. The lowest BCUT2D eigenvalue weighted by atomic mass is 10.0. The van der Waals surface area contributed by atoms with Gasteiger partial charge in [0.15, 0.2) is 0 Å². The third kappa shape index (κ3) is 2.29. The van der Waals surface area contributed by atoms with E-state index in [0.29, 0.717) is 6.54 Å². The van der Waals surface area contributed by atoms with Crippen molar-refractivity contribution in [2.24, 2.45) is 0 Å². The van der Waals surface area contributed by atoms with Crippen molar-refractivity contribution in [2.75, 3.05) is 18.0 Å². The van der Waals surface area contributed by atoms with E-state index >= 15 is 0 Å². The van der Waals surface area contributed by atoms with E-state index in [1.807, 2.05) is 0 Å². The van der Waals surface area contributed by atoms with Crippen LogP contribution in [0.1, 0.15) is 35.2 Å². The highest BCUT2D eigenvalue weighted by Crippen LogP contribution is 2.30. The number of rotatable bonds is 2. The average molecular weight is 274 g/mol. The first-order valence-electron chi connectivity index (χ1n) is 7.08. The van der Waals surface area contributed by atoms with Gasteiger partial charge >= 0.3 is 5.97 Å². The molecule has 1 fully saturated rings.